The summed E-state index contributed by atoms with van der Waals surface area (Å²) >= 11 is 0. The molecule has 0 amide bonds. The Kier molecular flexibility index (Phi) is 2.72. The zero-order valence-electron chi connectivity index (χ0n) is 7.85. The molecule has 76 valence electrons. The van der Waals surface area contributed by atoms with Crippen LogP contribution in [-0.4, -0.2) is 47.2 Å². The van der Waals surface area contributed by atoms with Gasteiger partial charge in [-0.15, -0.1) is 0 Å². The van der Waals surface area contributed by atoms with Crippen molar-refractivity contribution in [3.63, 3.8) is 0 Å². The first-order chi connectivity index (χ1) is 5.91. The Balaban J connectivity index is 2.88. The highest BCUT2D eigenvalue weighted by atomic mass is 16.7. The van der Waals surface area contributed by atoms with Gasteiger partial charge in [0.1, 0.15) is 12.2 Å². The van der Waals surface area contributed by atoms with Crippen molar-refractivity contribution in [3.8, 4) is 0 Å². The Morgan fingerprint density at radius 1 is 1.62 bits per heavy atom. The molecule has 1 heterocycles. The molecule has 1 fully saturated rings. The van der Waals surface area contributed by atoms with Gasteiger partial charge in [0, 0.05) is 7.11 Å². The minimum absolute atomic E-state index is 0.534. The maximum absolute atomic E-state index is 11.3. The molecular formula is C8H14O5. The first-order valence-electron chi connectivity index (χ1n) is 4.04. The average molecular weight is 190 g/mol. The summed E-state index contributed by atoms with van der Waals surface area (Å²) in [4.78, 5) is 11.3. The van der Waals surface area contributed by atoms with Crippen LogP contribution >= 0.6 is 0 Å². The number of ketones is 1. The van der Waals surface area contributed by atoms with E-state index in [1.165, 1.54) is 21.0 Å². The molecule has 0 aromatic rings. The summed E-state index contributed by atoms with van der Waals surface area (Å²) in [5, 5.41) is 19.1. The van der Waals surface area contributed by atoms with Crippen LogP contribution < -0.4 is 0 Å². The van der Waals surface area contributed by atoms with Crippen LogP contribution in [-0.2, 0) is 14.3 Å². The van der Waals surface area contributed by atoms with Gasteiger partial charge in [0.25, 0.3) is 0 Å². The molecule has 2 N–H and O–H groups in total. The van der Waals surface area contributed by atoms with Gasteiger partial charge in [-0.25, -0.2) is 0 Å². The number of methoxy groups -OCH3 is 1. The normalized spacial score (nSPS) is 46.5. The molecule has 1 aliphatic heterocycles. The molecule has 1 rings (SSSR count). The fourth-order valence-corrected chi connectivity index (χ4v) is 1.34. The van der Waals surface area contributed by atoms with E-state index in [1.807, 2.05) is 0 Å². The second kappa shape index (κ2) is 3.34. The molecule has 0 radical (unpaired) electrons. The minimum Gasteiger partial charge on any atom is -0.384 e. The number of hydrogen-bond donors (Lipinski definition) is 2. The predicted octanol–water partition coefficient (Wildman–Crippen LogP) is -0.941. The van der Waals surface area contributed by atoms with E-state index in [9.17, 15) is 15.0 Å². The summed E-state index contributed by atoms with van der Waals surface area (Å²) in [6.45, 7) is 2.76. The van der Waals surface area contributed by atoms with Crippen LogP contribution in [0.4, 0.5) is 0 Å². The van der Waals surface area contributed by atoms with Gasteiger partial charge in [-0.3, -0.25) is 4.79 Å². The summed E-state index contributed by atoms with van der Waals surface area (Å²) in [7, 11) is 1.34. The Bertz CT molecular complexity index is 213. The second-order valence-corrected chi connectivity index (χ2v) is 3.34. The standard InChI is InChI=1S/C8H14O5/c1-4-5(9)8(2,11)6(10)7(12-3)13-4/h4,6-7,10-11H,1-3H3/t4-,6+,7+,8-/m1/s1. The number of ether oxygens (including phenoxy) is 2. The molecule has 0 aromatic heterocycles. The van der Waals surface area contributed by atoms with Crippen LogP contribution in [0.15, 0.2) is 0 Å². The highest BCUT2D eigenvalue weighted by molar-refractivity contribution is 5.91. The Morgan fingerprint density at radius 2 is 2.15 bits per heavy atom. The lowest BCUT2D eigenvalue weighted by atomic mass is 9.88. The van der Waals surface area contributed by atoms with Crippen LogP contribution in [0.5, 0.6) is 0 Å². The molecule has 1 aliphatic rings. The van der Waals surface area contributed by atoms with E-state index in [1.54, 1.807) is 0 Å². The number of rotatable bonds is 1. The summed E-state index contributed by atoms with van der Waals surface area (Å²) in [6, 6.07) is 0. The molecule has 13 heavy (non-hydrogen) atoms. The monoisotopic (exact) mass is 190 g/mol. The van der Waals surface area contributed by atoms with Crippen molar-refractivity contribution in [3.05, 3.63) is 0 Å². The lowest BCUT2D eigenvalue weighted by Crippen LogP contribution is -2.62. The Labute approximate surface area is 76.3 Å². The van der Waals surface area contributed by atoms with Gasteiger partial charge >= 0.3 is 0 Å². The van der Waals surface area contributed by atoms with Crippen molar-refractivity contribution in [1.29, 1.82) is 0 Å². The van der Waals surface area contributed by atoms with Gasteiger partial charge in [0.05, 0.1) is 0 Å². The fourth-order valence-electron chi connectivity index (χ4n) is 1.34. The quantitative estimate of drug-likeness (QED) is 0.558. The largest absolute Gasteiger partial charge is 0.384 e. The lowest BCUT2D eigenvalue weighted by Gasteiger charge is -2.39. The molecule has 4 atom stereocenters. The second-order valence-electron chi connectivity index (χ2n) is 3.34. The molecule has 1 saturated heterocycles. The van der Waals surface area contributed by atoms with Crippen LogP contribution in [0.2, 0.25) is 0 Å². The summed E-state index contributed by atoms with van der Waals surface area (Å²) < 4.78 is 9.79. The number of carbonyl (C=O) groups excluding carboxylic acids is 1. The van der Waals surface area contributed by atoms with Gasteiger partial charge in [-0.2, -0.15) is 0 Å². The van der Waals surface area contributed by atoms with Gasteiger partial charge in [0.2, 0.25) is 0 Å². The number of Topliss-reactive ketones (excluding diaryl/α,β-unsaturated/α-hetero) is 1. The number of aliphatic hydroxyl groups is 2. The fraction of sp³-hybridized carbons (Fsp3) is 0.875. The summed E-state index contributed by atoms with van der Waals surface area (Å²) in [6.07, 6.45) is -3.06. The predicted molar refractivity (Wildman–Crippen MR) is 43.0 cm³/mol. The van der Waals surface area contributed by atoms with Gasteiger partial charge in [-0.1, -0.05) is 0 Å². The molecular weight excluding hydrogens is 176 g/mol. The maximum atomic E-state index is 11.3. The van der Waals surface area contributed by atoms with Crippen molar-refractivity contribution in [1.82, 2.24) is 0 Å². The molecule has 5 heteroatoms. The van der Waals surface area contributed by atoms with E-state index >= 15 is 0 Å². The number of aliphatic hydroxyl groups excluding tert-OH is 1. The van der Waals surface area contributed by atoms with E-state index in [4.69, 9.17) is 9.47 Å². The third-order valence-corrected chi connectivity index (χ3v) is 2.27. The molecule has 0 saturated carbocycles. The first-order valence-corrected chi connectivity index (χ1v) is 4.04. The van der Waals surface area contributed by atoms with Crippen LogP contribution in [0.3, 0.4) is 0 Å². The van der Waals surface area contributed by atoms with E-state index in [2.05, 4.69) is 0 Å². The number of hydrogen-bond acceptors (Lipinski definition) is 5. The topological polar surface area (TPSA) is 76.0 Å². The Hall–Kier alpha value is -0.490. The molecule has 0 aliphatic carbocycles. The highest BCUT2D eigenvalue weighted by Gasteiger charge is 2.50. The van der Waals surface area contributed by atoms with E-state index < -0.39 is 29.9 Å². The van der Waals surface area contributed by atoms with Crippen molar-refractivity contribution in [2.24, 2.45) is 0 Å². The molecule has 0 spiro atoms. The van der Waals surface area contributed by atoms with Crippen molar-refractivity contribution in [2.75, 3.05) is 7.11 Å². The van der Waals surface area contributed by atoms with E-state index in [-0.39, 0.29) is 0 Å². The minimum atomic E-state index is -1.79. The third kappa shape index (κ3) is 1.60. The van der Waals surface area contributed by atoms with Crippen molar-refractivity contribution in [2.45, 2.75) is 37.9 Å². The maximum Gasteiger partial charge on any atom is 0.195 e. The van der Waals surface area contributed by atoms with Gasteiger partial charge in [0.15, 0.2) is 17.7 Å². The molecule has 0 unspecified atom stereocenters. The van der Waals surface area contributed by atoms with Gasteiger partial charge in [-0.05, 0) is 13.8 Å². The SMILES string of the molecule is CO[C@H]1O[C@H](C)C(=O)[C@@](C)(O)[C@H]1O. The molecule has 0 aromatic carbocycles. The highest BCUT2D eigenvalue weighted by Crippen LogP contribution is 2.26. The van der Waals surface area contributed by atoms with Crippen LogP contribution in [0, 0.1) is 0 Å². The van der Waals surface area contributed by atoms with Crippen LogP contribution in [0.25, 0.3) is 0 Å². The van der Waals surface area contributed by atoms with Crippen molar-refractivity contribution >= 4 is 5.78 Å². The summed E-state index contributed by atoms with van der Waals surface area (Å²) in [5.74, 6) is -0.534. The van der Waals surface area contributed by atoms with Crippen molar-refractivity contribution < 1.29 is 24.5 Å². The average Bonchev–Trinajstić information content (AvgIpc) is 2.09. The third-order valence-electron chi connectivity index (χ3n) is 2.27. The van der Waals surface area contributed by atoms with Gasteiger partial charge < -0.3 is 19.7 Å². The molecule has 0 bridgehead atoms. The number of carbonyl (C=O) groups is 1. The zero-order valence-corrected chi connectivity index (χ0v) is 7.85. The molecule has 5 nitrogen and oxygen atoms in total. The van der Waals surface area contributed by atoms with E-state index in [0.717, 1.165) is 0 Å². The Morgan fingerprint density at radius 3 is 2.62 bits per heavy atom. The lowest BCUT2D eigenvalue weighted by molar-refractivity contribution is -0.262. The first kappa shape index (κ1) is 10.6. The summed E-state index contributed by atoms with van der Waals surface area (Å²) in [5.41, 5.74) is -1.79. The van der Waals surface area contributed by atoms with E-state index in [0.29, 0.717) is 0 Å². The smallest absolute Gasteiger partial charge is 0.195 e. The van der Waals surface area contributed by atoms with Crippen LogP contribution in [0.1, 0.15) is 13.8 Å². The zero-order chi connectivity index (χ0) is 10.2.